The summed E-state index contributed by atoms with van der Waals surface area (Å²) in [4.78, 5) is 13.0. The Kier molecular flexibility index (Phi) is 6.51. The topological polar surface area (TPSA) is 64.3 Å². The third kappa shape index (κ3) is 4.31. The second-order valence-electron chi connectivity index (χ2n) is 4.66. The number of ether oxygens (including phenoxy) is 1. The van der Waals surface area contributed by atoms with E-state index in [1.54, 1.807) is 11.8 Å². The molecule has 0 unspecified atom stereocenters. The van der Waals surface area contributed by atoms with Crippen LogP contribution in [0.4, 0.5) is 10.7 Å². The van der Waals surface area contributed by atoms with E-state index in [1.807, 2.05) is 6.26 Å². The van der Waals surface area contributed by atoms with E-state index >= 15 is 0 Å². The molecule has 1 rings (SSSR count). The SMILES string of the molecule is COC(=O)c1sc(NCCCC(C)C)c(SC)c1N. The van der Waals surface area contributed by atoms with Gasteiger partial charge in [0.25, 0.3) is 0 Å². The molecule has 0 bridgehead atoms. The lowest BCUT2D eigenvalue weighted by Crippen LogP contribution is -2.02. The van der Waals surface area contributed by atoms with E-state index in [0.717, 1.165) is 22.9 Å². The summed E-state index contributed by atoms with van der Waals surface area (Å²) in [5.74, 6) is 0.342. The number of nitrogen functional groups attached to an aromatic ring is 1. The summed E-state index contributed by atoms with van der Waals surface area (Å²) in [6, 6.07) is 0. The molecule has 3 N–H and O–H groups in total. The summed E-state index contributed by atoms with van der Waals surface area (Å²) in [5, 5.41) is 4.34. The first-order chi connectivity index (χ1) is 9.01. The fraction of sp³-hybridized carbons (Fsp3) is 0.615. The van der Waals surface area contributed by atoms with Crippen molar-refractivity contribution in [2.75, 3.05) is 31.0 Å². The van der Waals surface area contributed by atoms with Gasteiger partial charge in [0.1, 0.15) is 9.88 Å². The number of hydrogen-bond acceptors (Lipinski definition) is 6. The minimum Gasteiger partial charge on any atom is -0.465 e. The molecule has 0 aliphatic heterocycles. The van der Waals surface area contributed by atoms with E-state index in [-0.39, 0.29) is 5.97 Å². The van der Waals surface area contributed by atoms with Gasteiger partial charge in [0.2, 0.25) is 0 Å². The van der Waals surface area contributed by atoms with Gasteiger partial charge >= 0.3 is 5.97 Å². The molecule has 0 saturated heterocycles. The highest BCUT2D eigenvalue weighted by molar-refractivity contribution is 7.99. The molecule has 1 heterocycles. The smallest absolute Gasteiger partial charge is 0.350 e. The van der Waals surface area contributed by atoms with Crippen LogP contribution < -0.4 is 11.1 Å². The molecule has 0 radical (unpaired) electrons. The van der Waals surface area contributed by atoms with Crippen molar-refractivity contribution in [3.8, 4) is 0 Å². The largest absolute Gasteiger partial charge is 0.465 e. The van der Waals surface area contributed by atoms with Crippen LogP contribution in [0.1, 0.15) is 36.4 Å². The highest BCUT2D eigenvalue weighted by Crippen LogP contribution is 2.41. The number of esters is 1. The molecule has 0 aliphatic carbocycles. The van der Waals surface area contributed by atoms with Crippen LogP contribution in [-0.4, -0.2) is 25.9 Å². The van der Waals surface area contributed by atoms with Crippen molar-refractivity contribution in [3.05, 3.63) is 4.88 Å². The summed E-state index contributed by atoms with van der Waals surface area (Å²) >= 11 is 2.92. The molecular weight excluding hydrogens is 280 g/mol. The Labute approximate surface area is 123 Å². The summed E-state index contributed by atoms with van der Waals surface area (Å²) in [6.45, 7) is 5.32. The average molecular weight is 302 g/mol. The quantitative estimate of drug-likeness (QED) is 0.457. The van der Waals surface area contributed by atoms with Crippen molar-refractivity contribution in [3.63, 3.8) is 0 Å². The number of carbonyl (C=O) groups excluding carboxylic acids is 1. The zero-order chi connectivity index (χ0) is 14.4. The standard InChI is InChI=1S/C13H22N2O2S2/c1-8(2)6-5-7-15-12-10(18-4)9(14)11(19-12)13(16)17-3/h8,15H,5-7,14H2,1-4H3. The molecule has 4 nitrogen and oxygen atoms in total. The van der Waals surface area contributed by atoms with Crippen molar-refractivity contribution >= 4 is 39.8 Å². The Morgan fingerprint density at radius 1 is 1.53 bits per heavy atom. The maximum absolute atomic E-state index is 11.6. The van der Waals surface area contributed by atoms with Gasteiger partial charge in [0, 0.05) is 6.54 Å². The Hall–Kier alpha value is -0.880. The van der Waals surface area contributed by atoms with Gasteiger partial charge in [0.05, 0.1) is 17.7 Å². The van der Waals surface area contributed by atoms with E-state index in [2.05, 4.69) is 19.2 Å². The fourth-order valence-corrected chi connectivity index (χ4v) is 3.68. The lowest BCUT2D eigenvalue weighted by atomic mass is 10.1. The van der Waals surface area contributed by atoms with Crippen molar-refractivity contribution in [2.45, 2.75) is 31.6 Å². The maximum Gasteiger partial charge on any atom is 0.350 e. The van der Waals surface area contributed by atoms with Gasteiger partial charge in [-0.3, -0.25) is 0 Å². The van der Waals surface area contributed by atoms with Gasteiger partial charge in [-0.15, -0.1) is 23.1 Å². The molecule has 0 saturated carbocycles. The molecule has 108 valence electrons. The first-order valence-electron chi connectivity index (χ1n) is 6.29. The monoisotopic (exact) mass is 302 g/mol. The number of hydrogen-bond donors (Lipinski definition) is 2. The molecule has 0 amide bonds. The summed E-state index contributed by atoms with van der Waals surface area (Å²) in [5.41, 5.74) is 6.52. The fourth-order valence-electron chi connectivity index (χ4n) is 1.70. The molecule has 19 heavy (non-hydrogen) atoms. The lowest BCUT2D eigenvalue weighted by molar-refractivity contribution is 0.0607. The lowest BCUT2D eigenvalue weighted by Gasteiger charge is -2.07. The minimum absolute atomic E-state index is 0.368. The summed E-state index contributed by atoms with van der Waals surface area (Å²) in [7, 11) is 1.37. The van der Waals surface area contributed by atoms with E-state index in [0.29, 0.717) is 16.5 Å². The van der Waals surface area contributed by atoms with E-state index in [1.165, 1.54) is 24.9 Å². The van der Waals surface area contributed by atoms with Crippen molar-refractivity contribution in [1.82, 2.24) is 0 Å². The number of carbonyl (C=O) groups is 1. The molecular formula is C13H22N2O2S2. The van der Waals surface area contributed by atoms with Crippen LogP contribution in [0, 0.1) is 5.92 Å². The highest BCUT2D eigenvalue weighted by atomic mass is 32.2. The number of methoxy groups -OCH3 is 1. The van der Waals surface area contributed by atoms with Gasteiger partial charge in [0.15, 0.2) is 0 Å². The minimum atomic E-state index is -0.368. The Morgan fingerprint density at radius 2 is 2.21 bits per heavy atom. The van der Waals surface area contributed by atoms with E-state index in [4.69, 9.17) is 10.5 Å². The number of nitrogens with one attached hydrogen (secondary N) is 1. The zero-order valence-electron chi connectivity index (χ0n) is 11.9. The summed E-state index contributed by atoms with van der Waals surface area (Å²) in [6.07, 6.45) is 4.25. The van der Waals surface area contributed by atoms with Crippen LogP contribution in [0.5, 0.6) is 0 Å². The predicted molar refractivity (Wildman–Crippen MR) is 84.4 cm³/mol. The number of nitrogens with two attached hydrogens (primary N) is 1. The number of thioether (sulfide) groups is 1. The van der Waals surface area contributed by atoms with Gasteiger partial charge in [-0.05, 0) is 25.0 Å². The van der Waals surface area contributed by atoms with Crippen molar-refractivity contribution < 1.29 is 9.53 Å². The Balaban J connectivity index is 2.74. The third-order valence-corrected chi connectivity index (χ3v) is 4.82. The second-order valence-corrected chi connectivity index (χ2v) is 6.50. The Morgan fingerprint density at radius 3 is 2.74 bits per heavy atom. The number of anilines is 2. The van der Waals surface area contributed by atoms with Crippen LogP contribution in [0.2, 0.25) is 0 Å². The molecule has 6 heteroatoms. The van der Waals surface area contributed by atoms with Crippen molar-refractivity contribution in [2.24, 2.45) is 5.92 Å². The highest BCUT2D eigenvalue weighted by Gasteiger charge is 2.20. The predicted octanol–water partition coefficient (Wildman–Crippen LogP) is 3.69. The van der Waals surface area contributed by atoms with Crippen LogP contribution in [0.15, 0.2) is 4.90 Å². The molecule has 1 aromatic heterocycles. The van der Waals surface area contributed by atoms with Gasteiger partial charge < -0.3 is 15.8 Å². The van der Waals surface area contributed by atoms with Gasteiger partial charge in [-0.25, -0.2) is 4.79 Å². The first kappa shape index (κ1) is 16.2. The zero-order valence-corrected chi connectivity index (χ0v) is 13.5. The number of rotatable bonds is 7. The molecule has 0 spiro atoms. The molecule has 1 aromatic rings. The van der Waals surface area contributed by atoms with Crippen LogP contribution in [-0.2, 0) is 4.74 Å². The maximum atomic E-state index is 11.6. The molecule has 0 atom stereocenters. The third-order valence-electron chi connectivity index (χ3n) is 2.72. The second kappa shape index (κ2) is 7.65. The van der Waals surface area contributed by atoms with Gasteiger partial charge in [-0.2, -0.15) is 0 Å². The molecule has 0 aromatic carbocycles. The Bertz CT molecular complexity index is 431. The van der Waals surface area contributed by atoms with E-state index < -0.39 is 0 Å². The van der Waals surface area contributed by atoms with E-state index in [9.17, 15) is 4.79 Å². The van der Waals surface area contributed by atoms with Crippen LogP contribution in [0.25, 0.3) is 0 Å². The van der Waals surface area contributed by atoms with Crippen LogP contribution >= 0.6 is 23.1 Å². The number of thiophene rings is 1. The normalized spacial score (nSPS) is 10.8. The molecule has 0 fully saturated rings. The van der Waals surface area contributed by atoms with Crippen LogP contribution in [0.3, 0.4) is 0 Å². The van der Waals surface area contributed by atoms with Gasteiger partial charge in [-0.1, -0.05) is 13.8 Å². The molecule has 0 aliphatic rings. The summed E-state index contributed by atoms with van der Waals surface area (Å²) < 4.78 is 4.74. The average Bonchev–Trinajstić information content (AvgIpc) is 2.70. The first-order valence-corrected chi connectivity index (χ1v) is 8.33. The van der Waals surface area contributed by atoms with Crippen molar-refractivity contribution in [1.29, 1.82) is 0 Å².